The highest BCUT2D eigenvalue weighted by molar-refractivity contribution is 9.10. The van der Waals surface area contributed by atoms with Crippen LogP contribution in [0.5, 0.6) is 11.5 Å². The Morgan fingerprint density at radius 1 is 1.11 bits per heavy atom. The van der Waals surface area contributed by atoms with Gasteiger partial charge in [0, 0.05) is 15.7 Å². The van der Waals surface area contributed by atoms with Gasteiger partial charge in [-0.25, -0.2) is 9.18 Å². The molecule has 1 heterocycles. The highest BCUT2D eigenvalue weighted by atomic mass is 79.9. The average Bonchev–Trinajstić information content (AvgIpc) is 3.14. The lowest BCUT2D eigenvalue weighted by atomic mass is 10.1. The molecule has 10 heteroatoms. The number of ether oxygens (including phenoxy) is 2. The van der Waals surface area contributed by atoms with Gasteiger partial charge in [0.25, 0.3) is 11.8 Å². The zero-order valence-electron chi connectivity index (χ0n) is 20.0. The van der Waals surface area contributed by atoms with Crippen LogP contribution < -0.4 is 20.1 Å². The van der Waals surface area contributed by atoms with E-state index in [0.717, 1.165) is 10.5 Å². The Morgan fingerprint density at radius 2 is 1.84 bits per heavy atom. The maximum absolute atomic E-state index is 14.0. The lowest BCUT2D eigenvalue weighted by molar-refractivity contribution is -0.123. The maximum Gasteiger partial charge on any atom is 0.329 e. The summed E-state index contributed by atoms with van der Waals surface area (Å²) in [5.74, 6) is -0.817. The molecule has 4 rings (SSSR count). The predicted octanol–water partition coefficient (Wildman–Crippen LogP) is 5.02. The molecule has 0 radical (unpaired) electrons. The summed E-state index contributed by atoms with van der Waals surface area (Å²) in [5.41, 5.74) is 2.50. The van der Waals surface area contributed by atoms with E-state index in [4.69, 9.17) is 9.47 Å². The van der Waals surface area contributed by atoms with Crippen LogP contribution in [0.2, 0.25) is 0 Å². The Hall–Kier alpha value is -4.18. The van der Waals surface area contributed by atoms with Crippen LogP contribution in [-0.2, 0) is 16.1 Å². The Bertz CT molecular complexity index is 1390. The first-order valence-corrected chi connectivity index (χ1v) is 12.0. The van der Waals surface area contributed by atoms with Crippen molar-refractivity contribution in [3.8, 4) is 11.5 Å². The van der Waals surface area contributed by atoms with Crippen molar-refractivity contribution in [2.45, 2.75) is 13.5 Å². The van der Waals surface area contributed by atoms with Crippen molar-refractivity contribution >= 4 is 45.5 Å². The minimum atomic E-state index is -0.651. The van der Waals surface area contributed by atoms with Gasteiger partial charge in [-0.05, 0) is 48.9 Å². The third-order valence-corrected chi connectivity index (χ3v) is 6.21. The molecule has 2 N–H and O–H groups in total. The fourth-order valence-corrected chi connectivity index (χ4v) is 4.02. The number of rotatable bonds is 8. The number of hydrogen-bond acceptors (Lipinski definition) is 5. The van der Waals surface area contributed by atoms with Gasteiger partial charge < -0.3 is 20.1 Å². The molecule has 0 aliphatic carbocycles. The van der Waals surface area contributed by atoms with Crippen LogP contribution in [0, 0.1) is 12.7 Å². The SMILES string of the molecule is COc1cc(/C=C2/NC(=O)N(Cc3ccccc3F)C2=O)c(Br)cc1OCC(=O)Nc1ccc(C)cc1. The van der Waals surface area contributed by atoms with Crippen LogP contribution in [-0.4, -0.2) is 36.5 Å². The minimum absolute atomic E-state index is 0.0234. The molecule has 0 saturated carbocycles. The van der Waals surface area contributed by atoms with Crippen LogP contribution in [0.3, 0.4) is 0 Å². The van der Waals surface area contributed by atoms with Gasteiger partial charge in [0.1, 0.15) is 11.5 Å². The number of nitrogens with zero attached hydrogens (tertiary/aromatic N) is 1. The minimum Gasteiger partial charge on any atom is -0.493 e. The van der Waals surface area contributed by atoms with Crippen LogP contribution in [0.4, 0.5) is 14.9 Å². The average molecular weight is 568 g/mol. The van der Waals surface area contributed by atoms with Gasteiger partial charge in [-0.2, -0.15) is 0 Å². The molecule has 0 unspecified atom stereocenters. The van der Waals surface area contributed by atoms with Crippen molar-refractivity contribution in [2.24, 2.45) is 0 Å². The summed E-state index contributed by atoms with van der Waals surface area (Å²) < 4.78 is 25.6. The van der Waals surface area contributed by atoms with Crippen LogP contribution in [0.1, 0.15) is 16.7 Å². The van der Waals surface area contributed by atoms with Crippen LogP contribution >= 0.6 is 15.9 Å². The molecule has 37 heavy (non-hydrogen) atoms. The van der Waals surface area contributed by atoms with E-state index in [-0.39, 0.29) is 30.3 Å². The van der Waals surface area contributed by atoms with E-state index >= 15 is 0 Å². The maximum atomic E-state index is 14.0. The van der Waals surface area contributed by atoms with Gasteiger partial charge >= 0.3 is 6.03 Å². The molecule has 3 aromatic rings. The molecule has 0 aromatic heterocycles. The zero-order valence-corrected chi connectivity index (χ0v) is 21.6. The number of carbonyl (C=O) groups is 3. The van der Waals surface area contributed by atoms with Gasteiger partial charge in [-0.1, -0.05) is 51.8 Å². The molecule has 0 atom stereocenters. The van der Waals surface area contributed by atoms with E-state index in [9.17, 15) is 18.8 Å². The molecule has 1 saturated heterocycles. The van der Waals surface area contributed by atoms with Crippen molar-refractivity contribution in [1.29, 1.82) is 0 Å². The zero-order chi connectivity index (χ0) is 26.5. The van der Waals surface area contributed by atoms with E-state index in [1.165, 1.54) is 31.4 Å². The predicted molar refractivity (Wildman–Crippen MR) is 139 cm³/mol. The van der Waals surface area contributed by atoms with E-state index in [1.54, 1.807) is 30.3 Å². The summed E-state index contributed by atoms with van der Waals surface area (Å²) in [7, 11) is 1.44. The van der Waals surface area contributed by atoms with Gasteiger partial charge in [-0.15, -0.1) is 0 Å². The monoisotopic (exact) mass is 567 g/mol. The van der Waals surface area contributed by atoms with Crippen molar-refractivity contribution in [3.63, 3.8) is 0 Å². The van der Waals surface area contributed by atoms with Gasteiger partial charge in [0.15, 0.2) is 18.1 Å². The Kier molecular flexibility index (Phi) is 7.88. The van der Waals surface area contributed by atoms with Crippen LogP contribution in [0.15, 0.2) is 70.8 Å². The molecule has 4 amide bonds. The third-order valence-electron chi connectivity index (χ3n) is 5.53. The summed E-state index contributed by atoms with van der Waals surface area (Å²) in [6.07, 6.45) is 1.47. The number of methoxy groups -OCH3 is 1. The highest BCUT2D eigenvalue weighted by Gasteiger charge is 2.34. The molecule has 0 spiro atoms. The number of nitrogens with one attached hydrogen (secondary N) is 2. The molecule has 0 bridgehead atoms. The number of benzene rings is 3. The first-order chi connectivity index (χ1) is 17.7. The van der Waals surface area contributed by atoms with E-state index in [2.05, 4.69) is 26.6 Å². The summed E-state index contributed by atoms with van der Waals surface area (Å²) in [4.78, 5) is 38.5. The van der Waals surface area contributed by atoms with Crippen molar-refractivity contribution in [1.82, 2.24) is 10.2 Å². The molecular formula is C27H23BrFN3O5. The summed E-state index contributed by atoms with van der Waals surface area (Å²) in [6, 6.07) is 15.9. The number of urea groups is 1. The van der Waals surface area contributed by atoms with Gasteiger partial charge in [0.2, 0.25) is 0 Å². The fraction of sp³-hybridized carbons (Fsp3) is 0.148. The standard InChI is InChI=1S/C27H23BrFN3O5/c1-16-7-9-19(10-8-16)30-25(33)15-37-24-13-20(28)18(12-23(24)36-2)11-22-26(34)32(27(35)31-22)14-17-5-3-4-6-21(17)29/h3-13H,14-15H2,1-2H3,(H,30,33)(H,31,35)/b22-11+. The molecule has 3 aromatic carbocycles. The lowest BCUT2D eigenvalue weighted by Gasteiger charge is -2.13. The number of imide groups is 1. The Morgan fingerprint density at radius 3 is 2.54 bits per heavy atom. The van der Waals surface area contributed by atoms with Gasteiger partial charge in [-0.3, -0.25) is 14.5 Å². The largest absolute Gasteiger partial charge is 0.493 e. The molecule has 1 aliphatic heterocycles. The smallest absolute Gasteiger partial charge is 0.329 e. The number of hydrogen-bond donors (Lipinski definition) is 2. The summed E-state index contributed by atoms with van der Waals surface area (Å²) in [6.45, 7) is 1.50. The Labute approximate surface area is 221 Å². The lowest BCUT2D eigenvalue weighted by Crippen LogP contribution is -2.30. The molecular weight excluding hydrogens is 545 g/mol. The van der Waals surface area contributed by atoms with Crippen LogP contribution in [0.25, 0.3) is 6.08 Å². The second-order valence-corrected chi connectivity index (χ2v) is 9.05. The number of anilines is 1. The second kappa shape index (κ2) is 11.3. The molecule has 1 aliphatic rings. The number of halogens is 2. The fourth-order valence-electron chi connectivity index (χ4n) is 3.58. The first-order valence-electron chi connectivity index (χ1n) is 11.2. The molecule has 190 valence electrons. The van der Waals surface area contributed by atoms with E-state index in [0.29, 0.717) is 27.2 Å². The second-order valence-electron chi connectivity index (χ2n) is 8.20. The summed E-state index contributed by atoms with van der Waals surface area (Å²) in [5, 5.41) is 5.27. The van der Waals surface area contributed by atoms with E-state index < -0.39 is 17.8 Å². The summed E-state index contributed by atoms with van der Waals surface area (Å²) >= 11 is 3.43. The molecule has 8 nitrogen and oxygen atoms in total. The van der Waals surface area contributed by atoms with Crippen molar-refractivity contribution < 1.29 is 28.2 Å². The third kappa shape index (κ3) is 6.15. The normalized spacial score (nSPS) is 14.1. The Balaban J connectivity index is 1.47. The van der Waals surface area contributed by atoms with Crippen molar-refractivity contribution in [3.05, 3.63) is 93.3 Å². The van der Waals surface area contributed by atoms with Gasteiger partial charge in [0.05, 0.1) is 13.7 Å². The number of amides is 4. The van der Waals surface area contributed by atoms with E-state index in [1.807, 2.05) is 19.1 Å². The number of carbonyl (C=O) groups excluding carboxylic acids is 3. The topological polar surface area (TPSA) is 97.0 Å². The first kappa shape index (κ1) is 25.9. The quantitative estimate of drug-likeness (QED) is 0.294. The van der Waals surface area contributed by atoms with Crippen molar-refractivity contribution in [2.75, 3.05) is 19.0 Å². The molecule has 1 fully saturated rings. The number of aryl methyl sites for hydroxylation is 1. The highest BCUT2D eigenvalue weighted by Crippen LogP contribution is 2.35.